The van der Waals surface area contributed by atoms with Crippen molar-refractivity contribution in [1.82, 2.24) is 9.66 Å². The highest BCUT2D eigenvalue weighted by molar-refractivity contribution is 9.10. The van der Waals surface area contributed by atoms with E-state index in [2.05, 4.69) is 30.8 Å². The number of carbonyl (C=O) groups excluding carboxylic acids is 1. The van der Waals surface area contributed by atoms with Gasteiger partial charge in [-0.3, -0.25) is 4.79 Å². The molecule has 0 saturated carbocycles. The smallest absolute Gasteiger partial charge is 0.346 e. The summed E-state index contributed by atoms with van der Waals surface area (Å²) < 4.78 is 18.3. The quantitative estimate of drug-likeness (QED) is 0.156. The fourth-order valence-electron chi connectivity index (χ4n) is 3.80. The second kappa shape index (κ2) is 10.6. The number of rotatable bonds is 6. The summed E-state index contributed by atoms with van der Waals surface area (Å²) in [6.07, 6.45) is 0.509. The standard InChI is InChI=1S/C27H18BrCl2N3O5/c1-14(27(35)36-2)37-24-19(29)9-15(10-20(24)30)13-31-33-25(32-21-6-4-3-5-18(21)26(33)34)23-12-16-11-17(28)7-8-22(16)38-23/h3-14H,1-2H3/t14-/m1/s1. The molecule has 5 aromatic rings. The second-order valence-electron chi connectivity index (χ2n) is 8.20. The predicted molar refractivity (Wildman–Crippen MR) is 150 cm³/mol. The van der Waals surface area contributed by atoms with Crippen LogP contribution in [0.2, 0.25) is 10.0 Å². The molecule has 0 radical (unpaired) electrons. The minimum absolute atomic E-state index is 0.127. The van der Waals surface area contributed by atoms with E-state index in [4.69, 9.17) is 32.4 Å². The molecule has 1 atom stereocenters. The number of halogens is 3. The van der Waals surface area contributed by atoms with Crippen molar-refractivity contribution >= 4 is 73.2 Å². The van der Waals surface area contributed by atoms with E-state index in [-0.39, 0.29) is 27.2 Å². The first-order valence-electron chi connectivity index (χ1n) is 11.2. The van der Waals surface area contributed by atoms with Crippen LogP contribution >= 0.6 is 39.1 Å². The van der Waals surface area contributed by atoms with Crippen LogP contribution in [0.3, 0.4) is 0 Å². The first-order chi connectivity index (χ1) is 18.2. The van der Waals surface area contributed by atoms with Crippen LogP contribution < -0.4 is 10.3 Å². The number of hydrogen-bond donors (Lipinski definition) is 0. The summed E-state index contributed by atoms with van der Waals surface area (Å²) >= 11 is 16.2. The summed E-state index contributed by atoms with van der Waals surface area (Å²) in [5.41, 5.74) is 1.24. The Bertz CT molecular complexity index is 1770. The van der Waals surface area contributed by atoms with Gasteiger partial charge in [-0.1, -0.05) is 51.3 Å². The van der Waals surface area contributed by atoms with Crippen molar-refractivity contribution in [3.05, 3.63) is 91.1 Å². The minimum Gasteiger partial charge on any atom is -0.476 e. The lowest BCUT2D eigenvalue weighted by Crippen LogP contribution is -2.25. The van der Waals surface area contributed by atoms with E-state index < -0.39 is 12.1 Å². The monoisotopic (exact) mass is 613 g/mol. The van der Waals surface area contributed by atoms with Crippen molar-refractivity contribution in [3.8, 4) is 17.3 Å². The van der Waals surface area contributed by atoms with Crippen molar-refractivity contribution in [1.29, 1.82) is 0 Å². The van der Waals surface area contributed by atoms with Gasteiger partial charge in [0.25, 0.3) is 5.56 Å². The zero-order valence-corrected chi connectivity index (χ0v) is 23.0. The Balaban J connectivity index is 1.59. The van der Waals surface area contributed by atoms with Gasteiger partial charge in [0.2, 0.25) is 5.82 Å². The molecule has 0 unspecified atom stereocenters. The third-order valence-corrected chi connectivity index (χ3v) is 6.68. The van der Waals surface area contributed by atoms with E-state index in [9.17, 15) is 9.59 Å². The molecule has 0 fully saturated rings. The predicted octanol–water partition coefficient (Wildman–Crippen LogP) is 6.70. The Labute approximate surface area is 234 Å². The summed E-state index contributed by atoms with van der Waals surface area (Å²) in [6.45, 7) is 1.52. The maximum absolute atomic E-state index is 13.5. The molecule has 11 heteroatoms. The summed E-state index contributed by atoms with van der Waals surface area (Å²) in [5.74, 6) is 0.148. The fraction of sp³-hybridized carbons (Fsp3) is 0.111. The van der Waals surface area contributed by atoms with Crippen molar-refractivity contribution in [2.75, 3.05) is 7.11 Å². The lowest BCUT2D eigenvalue weighted by molar-refractivity contribution is -0.147. The van der Waals surface area contributed by atoms with E-state index in [1.807, 2.05) is 18.2 Å². The van der Waals surface area contributed by atoms with Crippen LogP contribution in [0.4, 0.5) is 0 Å². The number of para-hydroxylation sites is 1. The Kier molecular flexibility index (Phi) is 7.25. The molecule has 5 rings (SSSR count). The Morgan fingerprint density at radius 3 is 2.61 bits per heavy atom. The number of ether oxygens (including phenoxy) is 2. The van der Waals surface area contributed by atoms with Crippen molar-refractivity contribution in [3.63, 3.8) is 0 Å². The highest BCUT2D eigenvalue weighted by Crippen LogP contribution is 2.35. The highest BCUT2D eigenvalue weighted by Gasteiger charge is 2.20. The largest absolute Gasteiger partial charge is 0.476 e. The van der Waals surface area contributed by atoms with Gasteiger partial charge in [0.15, 0.2) is 17.6 Å². The van der Waals surface area contributed by atoms with Crippen LogP contribution in [-0.2, 0) is 9.53 Å². The Morgan fingerprint density at radius 2 is 1.87 bits per heavy atom. The maximum atomic E-state index is 13.5. The highest BCUT2D eigenvalue weighted by atomic mass is 79.9. The van der Waals surface area contributed by atoms with Crippen molar-refractivity contribution in [2.24, 2.45) is 5.10 Å². The first-order valence-corrected chi connectivity index (χ1v) is 12.8. The number of carbonyl (C=O) groups is 1. The van der Waals surface area contributed by atoms with E-state index >= 15 is 0 Å². The summed E-state index contributed by atoms with van der Waals surface area (Å²) in [5, 5.41) is 5.96. The third-order valence-electron chi connectivity index (χ3n) is 5.62. The maximum Gasteiger partial charge on any atom is 0.346 e. The number of methoxy groups -OCH3 is 1. The van der Waals surface area contributed by atoms with Gasteiger partial charge in [0.05, 0.1) is 34.3 Å². The van der Waals surface area contributed by atoms with E-state index in [1.165, 1.54) is 24.9 Å². The van der Waals surface area contributed by atoms with Crippen LogP contribution in [0.1, 0.15) is 12.5 Å². The van der Waals surface area contributed by atoms with Gasteiger partial charge < -0.3 is 13.9 Å². The molecule has 192 valence electrons. The van der Waals surface area contributed by atoms with Crippen LogP contribution in [0, 0.1) is 0 Å². The minimum atomic E-state index is -0.913. The summed E-state index contributed by atoms with van der Waals surface area (Å²) in [6, 6.07) is 17.5. The average molecular weight is 615 g/mol. The molecule has 0 saturated heterocycles. The first kappa shape index (κ1) is 26.0. The van der Waals surface area contributed by atoms with Gasteiger partial charge >= 0.3 is 5.97 Å². The molecule has 0 spiro atoms. The number of furan rings is 1. The van der Waals surface area contributed by atoms with Crippen molar-refractivity contribution in [2.45, 2.75) is 13.0 Å². The third kappa shape index (κ3) is 5.05. The second-order valence-corrected chi connectivity index (χ2v) is 9.93. The molecule has 2 heterocycles. The van der Waals surface area contributed by atoms with Crippen LogP contribution in [0.5, 0.6) is 5.75 Å². The lowest BCUT2D eigenvalue weighted by atomic mass is 10.2. The summed E-state index contributed by atoms with van der Waals surface area (Å²) in [7, 11) is 1.26. The van der Waals surface area contributed by atoms with Crippen LogP contribution in [-0.4, -0.2) is 35.1 Å². The van der Waals surface area contributed by atoms with Gasteiger partial charge in [-0.05, 0) is 61.0 Å². The molecule has 8 nitrogen and oxygen atoms in total. The topological polar surface area (TPSA) is 95.9 Å². The number of nitrogens with zero attached hydrogens (tertiary/aromatic N) is 3. The number of fused-ring (bicyclic) bond motifs is 2. The number of hydrogen-bond acceptors (Lipinski definition) is 7. The van der Waals surface area contributed by atoms with Gasteiger partial charge in [0, 0.05) is 9.86 Å². The van der Waals surface area contributed by atoms with Gasteiger partial charge in [0.1, 0.15) is 5.58 Å². The SMILES string of the molecule is COC(=O)[C@@H](C)Oc1c(Cl)cc(C=Nn2c(-c3cc4cc(Br)ccc4o3)nc3ccccc3c2=O)cc1Cl. The Morgan fingerprint density at radius 1 is 1.13 bits per heavy atom. The molecule has 0 bridgehead atoms. The van der Waals surface area contributed by atoms with Gasteiger partial charge in [-0.2, -0.15) is 9.78 Å². The van der Waals surface area contributed by atoms with Gasteiger partial charge in [-0.15, -0.1) is 0 Å². The number of benzene rings is 3. The molecule has 0 N–H and O–H groups in total. The molecule has 2 aromatic heterocycles. The molecule has 0 aliphatic rings. The molecular weight excluding hydrogens is 597 g/mol. The Hall–Kier alpha value is -3.66. The molecule has 3 aromatic carbocycles. The normalized spacial score (nSPS) is 12.3. The zero-order chi connectivity index (χ0) is 27.0. The zero-order valence-electron chi connectivity index (χ0n) is 19.9. The molecule has 0 aliphatic carbocycles. The van der Waals surface area contributed by atoms with E-state index in [1.54, 1.807) is 42.5 Å². The molecular formula is C27H18BrCl2N3O5. The van der Waals surface area contributed by atoms with Crippen LogP contribution in [0.25, 0.3) is 33.5 Å². The van der Waals surface area contributed by atoms with E-state index in [0.717, 1.165) is 9.86 Å². The van der Waals surface area contributed by atoms with E-state index in [0.29, 0.717) is 27.8 Å². The fourth-order valence-corrected chi connectivity index (χ4v) is 4.77. The number of aromatic nitrogens is 2. The molecule has 38 heavy (non-hydrogen) atoms. The molecule has 0 amide bonds. The number of esters is 1. The average Bonchev–Trinajstić information content (AvgIpc) is 3.32. The van der Waals surface area contributed by atoms with Gasteiger partial charge in [-0.25, -0.2) is 9.78 Å². The van der Waals surface area contributed by atoms with Crippen molar-refractivity contribution < 1.29 is 18.7 Å². The summed E-state index contributed by atoms with van der Waals surface area (Å²) in [4.78, 5) is 29.8. The molecule has 0 aliphatic heterocycles. The lowest BCUT2D eigenvalue weighted by Gasteiger charge is -2.15. The van der Waals surface area contributed by atoms with Crippen LogP contribution in [0.15, 0.2) is 79.4 Å².